The van der Waals surface area contributed by atoms with Gasteiger partial charge in [0.15, 0.2) is 0 Å². The Hall–Kier alpha value is -1.63. The molecule has 1 aromatic carbocycles. The zero-order valence-corrected chi connectivity index (χ0v) is 12.1. The lowest BCUT2D eigenvalue weighted by Crippen LogP contribution is -2.23. The lowest BCUT2D eigenvalue weighted by molar-refractivity contribution is -0.385. The quantitative estimate of drug-likeness (QED) is 0.634. The first kappa shape index (κ1) is 14.4. The number of rotatable bonds is 3. The Morgan fingerprint density at radius 3 is 2.44 bits per heavy atom. The monoisotopic (exact) mass is 316 g/mol. The van der Waals surface area contributed by atoms with Gasteiger partial charge in [-0.3, -0.25) is 14.9 Å². The topological polar surface area (TPSA) is 72.7 Å². The molecule has 0 aliphatic heterocycles. The Morgan fingerprint density at radius 1 is 1.50 bits per heavy atom. The molecule has 1 amide bonds. The number of halogens is 1. The van der Waals surface area contributed by atoms with Gasteiger partial charge in [0.2, 0.25) is 5.75 Å². The van der Waals surface area contributed by atoms with E-state index in [1.54, 1.807) is 21.0 Å². The third-order valence-electron chi connectivity index (χ3n) is 2.48. The van der Waals surface area contributed by atoms with Crippen molar-refractivity contribution in [1.29, 1.82) is 0 Å². The zero-order chi connectivity index (χ0) is 14.0. The Bertz CT molecular complexity index is 514. The highest BCUT2D eigenvalue weighted by molar-refractivity contribution is 9.10. The molecule has 0 N–H and O–H groups in total. The van der Waals surface area contributed by atoms with E-state index in [4.69, 9.17) is 4.74 Å². The van der Waals surface area contributed by atoms with Gasteiger partial charge in [0.05, 0.1) is 17.6 Å². The van der Waals surface area contributed by atoms with Crippen LogP contribution in [-0.2, 0) is 0 Å². The summed E-state index contributed by atoms with van der Waals surface area (Å²) in [7, 11) is 4.46. The van der Waals surface area contributed by atoms with Gasteiger partial charge in [-0.25, -0.2) is 0 Å². The number of ether oxygens (including phenoxy) is 1. The molecule has 1 aromatic rings. The van der Waals surface area contributed by atoms with Gasteiger partial charge in [0.1, 0.15) is 0 Å². The van der Waals surface area contributed by atoms with Gasteiger partial charge in [-0.2, -0.15) is 0 Å². The molecular formula is C11H13BrN2O4. The number of carbonyl (C=O) groups is 1. The minimum atomic E-state index is -0.574. The van der Waals surface area contributed by atoms with Crippen LogP contribution in [0.25, 0.3) is 0 Å². The average molecular weight is 317 g/mol. The lowest BCUT2D eigenvalue weighted by atomic mass is 10.0. The molecule has 0 saturated carbocycles. The summed E-state index contributed by atoms with van der Waals surface area (Å²) >= 11 is 3.22. The standard InChI is InChI=1S/C11H13BrN2O4/c1-6-7(12)5-8(14(16)17)10(18-4)9(6)11(15)13(2)3/h5H,1-4H3. The molecule has 0 atom stereocenters. The van der Waals surface area contributed by atoms with Gasteiger partial charge in [-0.1, -0.05) is 15.9 Å². The molecule has 6 nitrogen and oxygen atoms in total. The van der Waals surface area contributed by atoms with Gasteiger partial charge < -0.3 is 9.64 Å². The first-order valence-corrected chi connectivity index (χ1v) is 5.83. The van der Waals surface area contributed by atoms with E-state index >= 15 is 0 Å². The first-order valence-electron chi connectivity index (χ1n) is 5.04. The molecule has 0 bridgehead atoms. The molecule has 0 saturated heterocycles. The van der Waals surface area contributed by atoms with Crippen molar-refractivity contribution < 1.29 is 14.5 Å². The van der Waals surface area contributed by atoms with Gasteiger partial charge >= 0.3 is 5.69 Å². The van der Waals surface area contributed by atoms with E-state index in [1.807, 2.05) is 0 Å². The third kappa shape index (κ3) is 2.45. The van der Waals surface area contributed by atoms with Gasteiger partial charge in [0, 0.05) is 24.6 Å². The molecule has 0 heterocycles. The number of nitro benzene ring substituents is 1. The van der Waals surface area contributed by atoms with E-state index < -0.39 is 4.92 Å². The number of carbonyl (C=O) groups excluding carboxylic acids is 1. The summed E-state index contributed by atoms with van der Waals surface area (Å²) in [6.45, 7) is 1.70. The van der Waals surface area contributed by atoms with Crippen molar-refractivity contribution >= 4 is 27.5 Å². The fourth-order valence-corrected chi connectivity index (χ4v) is 1.95. The second-order valence-corrected chi connectivity index (χ2v) is 4.72. The van der Waals surface area contributed by atoms with Crippen molar-refractivity contribution in [2.75, 3.05) is 21.2 Å². The Labute approximate surface area is 113 Å². The zero-order valence-electron chi connectivity index (χ0n) is 10.5. The Morgan fingerprint density at radius 2 is 2.06 bits per heavy atom. The maximum Gasteiger partial charge on any atom is 0.312 e. The van der Waals surface area contributed by atoms with Crippen LogP contribution in [0.3, 0.4) is 0 Å². The third-order valence-corrected chi connectivity index (χ3v) is 3.30. The molecule has 0 fully saturated rings. The van der Waals surface area contributed by atoms with Gasteiger partial charge in [0.25, 0.3) is 5.91 Å². The van der Waals surface area contributed by atoms with Crippen LogP contribution >= 0.6 is 15.9 Å². The van der Waals surface area contributed by atoms with Crippen molar-refractivity contribution in [2.24, 2.45) is 0 Å². The van der Waals surface area contributed by atoms with E-state index in [0.29, 0.717) is 10.0 Å². The number of nitro groups is 1. The minimum Gasteiger partial charge on any atom is -0.490 e. The summed E-state index contributed by atoms with van der Waals surface area (Å²) in [6, 6.07) is 1.33. The fraction of sp³-hybridized carbons (Fsp3) is 0.364. The predicted octanol–water partition coefficient (Wildman–Crippen LogP) is 2.38. The van der Waals surface area contributed by atoms with E-state index in [-0.39, 0.29) is 22.9 Å². The highest BCUT2D eigenvalue weighted by Crippen LogP contribution is 2.38. The maximum absolute atomic E-state index is 12.1. The van der Waals surface area contributed by atoms with Crippen molar-refractivity contribution in [3.05, 3.63) is 31.8 Å². The molecule has 0 unspecified atom stereocenters. The second-order valence-electron chi connectivity index (χ2n) is 3.87. The van der Waals surface area contributed by atoms with Crippen LogP contribution in [0.4, 0.5) is 5.69 Å². The highest BCUT2D eigenvalue weighted by atomic mass is 79.9. The summed E-state index contributed by atoms with van der Waals surface area (Å²) in [5.41, 5.74) is 0.569. The molecule has 0 radical (unpaired) electrons. The number of methoxy groups -OCH3 is 1. The molecular weight excluding hydrogens is 304 g/mol. The number of hydrogen-bond donors (Lipinski definition) is 0. The molecule has 0 aliphatic carbocycles. The van der Waals surface area contributed by atoms with E-state index in [0.717, 1.165) is 0 Å². The van der Waals surface area contributed by atoms with Crippen molar-refractivity contribution in [3.8, 4) is 5.75 Å². The Kier molecular flexibility index (Phi) is 4.28. The minimum absolute atomic E-state index is 0.0144. The molecule has 7 heteroatoms. The fourth-order valence-electron chi connectivity index (χ4n) is 1.53. The largest absolute Gasteiger partial charge is 0.490 e. The molecule has 18 heavy (non-hydrogen) atoms. The van der Waals surface area contributed by atoms with E-state index in [1.165, 1.54) is 18.1 Å². The van der Waals surface area contributed by atoms with E-state index in [9.17, 15) is 14.9 Å². The van der Waals surface area contributed by atoms with Crippen molar-refractivity contribution in [3.63, 3.8) is 0 Å². The summed E-state index contributed by atoms with van der Waals surface area (Å²) < 4.78 is 5.54. The maximum atomic E-state index is 12.1. The molecule has 0 aliphatic rings. The number of hydrogen-bond acceptors (Lipinski definition) is 4. The second kappa shape index (κ2) is 5.34. The van der Waals surface area contributed by atoms with Crippen LogP contribution in [0.2, 0.25) is 0 Å². The normalized spacial score (nSPS) is 10.1. The van der Waals surface area contributed by atoms with Crippen LogP contribution in [0, 0.1) is 17.0 Å². The van der Waals surface area contributed by atoms with Crippen LogP contribution < -0.4 is 4.74 Å². The smallest absolute Gasteiger partial charge is 0.312 e. The van der Waals surface area contributed by atoms with E-state index in [2.05, 4.69) is 15.9 Å². The number of nitrogens with zero attached hydrogens (tertiary/aromatic N) is 2. The summed E-state index contributed by atoms with van der Waals surface area (Å²) in [6.07, 6.45) is 0. The molecule has 1 rings (SSSR count). The van der Waals surface area contributed by atoms with Crippen LogP contribution in [-0.4, -0.2) is 36.9 Å². The molecule has 98 valence electrons. The van der Waals surface area contributed by atoms with Crippen LogP contribution in [0.15, 0.2) is 10.5 Å². The lowest BCUT2D eigenvalue weighted by Gasteiger charge is -2.16. The number of amides is 1. The molecule has 0 spiro atoms. The van der Waals surface area contributed by atoms with Gasteiger partial charge in [-0.05, 0) is 12.5 Å². The summed E-state index contributed by atoms with van der Waals surface area (Å²) in [5, 5.41) is 11.0. The molecule has 0 aromatic heterocycles. The SMILES string of the molecule is COc1c([N+](=O)[O-])cc(Br)c(C)c1C(=O)N(C)C. The van der Waals surface area contributed by atoms with Gasteiger partial charge in [-0.15, -0.1) is 0 Å². The average Bonchev–Trinajstić information content (AvgIpc) is 2.30. The highest BCUT2D eigenvalue weighted by Gasteiger charge is 2.27. The first-order chi connectivity index (χ1) is 8.31. The van der Waals surface area contributed by atoms with Crippen molar-refractivity contribution in [1.82, 2.24) is 4.90 Å². The Balaban J connectivity index is 3.66. The summed E-state index contributed by atoms with van der Waals surface area (Å²) in [5.74, 6) is -0.354. The number of benzene rings is 1. The van der Waals surface area contributed by atoms with Crippen molar-refractivity contribution in [2.45, 2.75) is 6.92 Å². The van der Waals surface area contributed by atoms with Crippen LogP contribution in [0.5, 0.6) is 5.75 Å². The van der Waals surface area contributed by atoms with Crippen LogP contribution in [0.1, 0.15) is 15.9 Å². The summed E-state index contributed by atoms with van der Waals surface area (Å²) in [4.78, 5) is 23.8. The predicted molar refractivity (Wildman–Crippen MR) is 70.1 cm³/mol.